The van der Waals surface area contributed by atoms with Gasteiger partial charge in [-0.3, -0.25) is 0 Å². The Labute approximate surface area is 123 Å². The van der Waals surface area contributed by atoms with Crippen LogP contribution in [-0.2, 0) is 0 Å². The van der Waals surface area contributed by atoms with Crippen LogP contribution in [0.3, 0.4) is 0 Å². The van der Waals surface area contributed by atoms with Gasteiger partial charge in [0.05, 0.1) is 6.10 Å². The van der Waals surface area contributed by atoms with Gasteiger partial charge < -0.3 is 10.1 Å². The molecule has 0 spiro atoms. The number of aryl methyl sites for hydroxylation is 1. The second-order valence-corrected chi connectivity index (χ2v) is 6.71. The number of hydrogen-bond donors (Lipinski definition) is 1. The highest BCUT2D eigenvalue weighted by Gasteiger charge is 2.26. The maximum atomic E-state index is 6.37. The predicted octanol–water partition coefficient (Wildman–Crippen LogP) is 4.48. The van der Waals surface area contributed by atoms with Crippen molar-refractivity contribution in [1.29, 1.82) is 0 Å². The van der Waals surface area contributed by atoms with Crippen molar-refractivity contribution in [2.24, 2.45) is 11.8 Å². The van der Waals surface area contributed by atoms with Crippen molar-refractivity contribution in [2.75, 3.05) is 7.05 Å². The van der Waals surface area contributed by atoms with Crippen LogP contribution in [0.5, 0.6) is 5.75 Å². The lowest BCUT2D eigenvalue weighted by Gasteiger charge is -2.32. The van der Waals surface area contributed by atoms with Crippen LogP contribution in [0.15, 0.2) is 18.2 Å². The van der Waals surface area contributed by atoms with Crippen molar-refractivity contribution in [3.8, 4) is 5.75 Å². The molecule has 0 aliphatic heterocycles. The van der Waals surface area contributed by atoms with Gasteiger partial charge in [0.15, 0.2) is 0 Å². The van der Waals surface area contributed by atoms with E-state index in [1.807, 2.05) is 7.05 Å². The summed E-state index contributed by atoms with van der Waals surface area (Å²) in [5, 5.41) is 3.32. The molecule has 1 fully saturated rings. The SMILES string of the molecule is CNC(C)c1cc(C)ccc1OC1CC(C)CC(C)C1. The fraction of sp³-hybridized carbons (Fsp3) is 0.667. The van der Waals surface area contributed by atoms with Crippen LogP contribution in [-0.4, -0.2) is 13.2 Å². The van der Waals surface area contributed by atoms with Crippen molar-refractivity contribution in [3.63, 3.8) is 0 Å². The van der Waals surface area contributed by atoms with Crippen LogP contribution in [0.25, 0.3) is 0 Å². The topological polar surface area (TPSA) is 21.3 Å². The molecule has 20 heavy (non-hydrogen) atoms. The van der Waals surface area contributed by atoms with E-state index in [0.29, 0.717) is 12.1 Å². The summed E-state index contributed by atoms with van der Waals surface area (Å²) >= 11 is 0. The summed E-state index contributed by atoms with van der Waals surface area (Å²) < 4.78 is 6.37. The molecule has 0 radical (unpaired) electrons. The Balaban J connectivity index is 2.16. The molecule has 0 saturated heterocycles. The number of nitrogens with one attached hydrogen (secondary N) is 1. The first kappa shape index (κ1) is 15.4. The zero-order chi connectivity index (χ0) is 14.7. The zero-order valence-corrected chi connectivity index (χ0v) is 13.6. The molecule has 2 rings (SSSR count). The fourth-order valence-electron chi connectivity index (χ4n) is 3.42. The standard InChI is InChI=1S/C18H29NO/c1-12-6-7-18(17(11-12)15(4)19-5)20-16-9-13(2)8-14(3)10-16/h6-7,11,13-16,19H,8-10H2,1-5H3. The van der Waals surface area contributed by atoms with Gasteiger partial charge in [0.2, 0.25) is 0 Å². The highest BCUT2D eigenvalue weighted by Crippen LogP contribution is 2.34. The minimum atomic E-state index is 0.323. The van der Waals surface area contributed by atoms with Gasteiger partial charge in [-0.05, 0) is 58.1 Å². The zero-order valence-electron chi connectivity index (χ0n) is 13.6. The summed E-state index contributed by atoms with van der Waals surface area (Å²) in [5.41, 5.74) is 2.57. The molecule has 1 N–H and O–H groups in total. The largest absolute Gasteiger partial charge is 0.490 e. The van der Waals surface area contributed by atoms with Crippen LogP contribution in [0, 0.1) is 18.8 Å². The van der Waals surface area contributed by atoms with Crippen LogP contribution >= 0.6 is 0 Å². The Morgan fingerprint density at radius 1 is 1.15 bits per heavy atom. The highest BCUT2D eigenvalue weighted by molar-refractivity contribution is 5.39. The average Bonchev–Trinajstić information content (AvgIpc) is 2.38. The molecule has 0 aromatic heterocycles. The summed E-state index contributed by atoms with van der Waals surface area (Å²) in [6, 6.07) is 6.86. The van der Waals surface area contributed by atoms with E-state index in [1.54, 1.807) is 0 Å². The van der Waals surface area contributed by atoms with E-state index in [0.717, 1.165) is 17.6 Å². The minimum Gasteiger partial charge on any atom is -0.490 e. The molecule has 112 valence electrons. The molecule has 0 heterocycles. The molecule has 2 nitrogen and oxygen atoms in total. The van der Waals surface area contributed by atoms with E-state index in [4.69, 9.17) is 4.74 Å². The molecule has 1 aromatic carbocycles. The van der Waals surface area contributed by atoms with Gasteiger partial charge in [0, 0.05) is 11.6 Å². The van der Waals surface area contributed by atoms with Gasteiger partial charge >= 0.3 is 0 Å². The van der Waals surface area contributed by atoms with Gasteiger partial charge in [0.25, 0.3) is 0 Å². The molecule has 2 heteroatoms. The van der Waals surface area contributed by atoms with E-state index in [-0.39, 0.29) is 0 Å². The van der Waals surface area contributed by atoms with Crippen LogP contribution in [0.2, 0.25) is 0 Å². The maximum Gasteiger partial charge on any atom is 0.124 e. The Morgan fingerprint density at radius 3 is 2.40 bits per heavy atom. The van der Waals surface area contributed by atoms with Crippen molar-refractivity contribution < 1.29 is 4.74 Å². The molecule has 1 aliphatic rings. The van der Waals surface area contributed by atoms with Crippen molar-refractivity contribution in [1.82, 2.24) is 5.32 Å². The summed E-state index contributed by atoms with van der Waals surface area (Å²) in [6.45, 7) is 9.02. The van der Waals surface area contributed by atoms with Crippen LogP contribution in [0.4, 0.5) is 0 Å². The Kier molecular flexibility index (Phi) is 5.09. The van der Waals surface area contributed by atoms with E-state index in [2.05, 4.69) is 51.2 Å². The molecule has 3 unspecified atom stereocenters. The third kappa shape index (κ3) is 3.76. The van der Waals surface area contributed by atoms with Crippen molar-refractivity contribution in [3.05, 3.63) is 29.3 Å². The van der Waals surface area contributed by atoms with Gasteiger partial charge in [-0.25, -0.2) is 0 Å². The second-order valence-electron chi connectivity index (χ2n) is 6.71. The lowest BCUT2D eigenvalue weighted by atomic mass is 9.82. The molecule has 3 atom stereocenters. The van der Waals surface area contributed by atoms with E-state index < -0.39 is 0 Å². The first-order valence-corrected chi connectivity index (χ1v) is 7.94. The number of hydrogen-bond acceptors (Lipinski definition) is 2. The molecule has 0 amide bonds. The number of ether oxygens (including phenoxy) is 1. The molecule has 1 aromatic rings. The predicted molar refractivity (Wildman–Crippen MR) is 85.2 cm³/mol. The fourth-order valence-corrected chi connectivity index (χ4v) is 3.42. The van der Waals surface area contributed by atoms with Crippen molar-refractivity contribution in [2.45, 2.75) is 59.1 Å². The van der Waals surface area contributed by atoms with E-state index >= 15 is 0 Å². The third-order valence-corrected chi connectivity index (χ3v) is 4.49. The number of benzene rings is 1. The van der Waals surface area contributed by atoms with E-state index in [1.165, 1.54) is 30.4 Å². The summed E-state index contributed by atoms with van der Waals surface area (Å²) in [7, 11) is 2.00. The smallest absolute Gasteiger partial charge is 0.124 e. The Bertz CT molecular complexity index is 433. The first-order chi connectivity index (χ1) is 9.49. The van der Waals surface area contributed by atoms with Gasteiger partial charge in [-0.15, -0.1) is 0 Å². The number of rotatable bonds is 4. The van der Waals surface area contributed by atoms with Crippen LogP contribution in [0.1, 0.15) is 57.2 Å². The first-order valence-electron chi connectivity index (χ1n) is 7.94. The van der Waals surface area contributed by atoms with Gasteiger partial charge in [-0.1, -0.05) is 31.5 Å². The normalized spacial score (nSPS) is 28.1. The van der Waals surface area contributed by atoms with Crippen LogP contribution < -0.4 is 10.1 Å². The molecular weight excluding hydrogens is 246 g/mol. The second kappa shape index (κ2) is 6.62. The third-order valence-electron chi connectivity index (χ3n) is 4.49. The lowest BCUT2D eigenvalue weighted by Crippen LogP contribution is -2.29. The molecule has 1 aliphatic carbocycles. The van der Waals surface area contributed by atoms with E-state index in [9.17, 15) is 0 Å². The van der Waals surface area contributed by atoms with Gasteiger partial charge in [0.1, 0.15) is 5.75 Å². The monoisotopic (exact) mass is 275 g/mol. The van der Waals surface area contributed by atoms with Crippen molar-refractivity contribution >= 4 is 0 Å². The summed E-state index contributed by atoms with van der Waals surface area (Å²) in [4.78, 5) is 0. The van der Waals surface area contributed by atoms with Gasteiger partial charge in [-0.2, -0.15) is 0 Å². The molecular formula is C18H29NO. The molecule has 1 saturated carbocycles. The maximum absolute atomic E-state index is 6.37. The summed E-state index contributed by atoms with van der Waals surface area (Å²) in [5.74, 6) is 2.61. The summed E-state index contributed by atoms with van der Waals surface area (Å²) in [6.07, 6.45) is 4.09. The minimum absolute atomic E-state index is 0.323. The average molecular weight is 275 g/mol. The lowest BCUT2D eigenvalue weighted by molar-refractivity contribution is 0.0996. The highest BCUT2D eigenvalue weighted by atomic mass is 16.5. The molecule has 0 bridgehead atoms. The quantitative estimate of drug-likeness (QED) is 0.875. The Hall–Kier alpha value is -1.02. The Morgan fingerprint density at radius 2 is 1.80 bits per heavy atom.